The minimum Gasteiger partial charge on any atom is -0.370 e. The highest BCUT2D eigenvalue weighted by molar-refractivity contribution is 7.90. The number of aryl methyl sites for hydroxylation is 2. The summed E-state index contributed by atoms with van der Waals surface area (Å²) in [7, 11) is -3.13. The maximum absolute atomic E-state index is 12.1. The molecular weight excluding hydrogens is 334 g/mol. The Bertz CT molecular complexity index is 811. The monoisotopic (exact) mass is 359 g/mol. The lowest BCUT2D eigenvalue weighted by atomic mass is 10.1. The first-order valence-corrected chi connectivity index (χ1v) is 10.1. The van der Waals surface area contributed by atoms with Crippen molar-refractivity contribution < 1.29 is 8.42 Å². The second-order valence-electron chi connectivity index (χ2n) is 6.20. The zero-order valence-corrected chi connectivity index (χ0v) is 15.5. The molecule has 0 heterocycles. The Morgan fingerprint density at radius 2 is 1.72 bits per heavy atom. The molecular formula is C19H25N3O2S. The zero-order chi connectivity index (χ0) is 18.3. The van der Waals surface area contributed by atoms with Gasteiger partial charge in [0.1, 0.15) is 0 Å². The molecule has 2 aromatic rings. The minimum absolute atomic E-state index is 0.0633. The normalized spacial score (nSPS) is 12.2. The van der Waals surface area contributed by atoms with Crippen molar-refractivity contribution in [1.82, 2.24) is 0 Å². The Kier molecular flexibility index (Phi) is 6.58. The van der Waals surface area contributed by atoms with Crippen LogP contribution < -0.4 is 11.1 Å². The van der Waals surface area contributed by atoms with Gasteiger partial charge in [0.15, 0.2) is 15.8 Å². The van der Waals surface area contributed by atoms with Crippen molar-refractivity contribution in [2.24, 2.45) is 10.7 Å². The first kappa shape index (κ1) is 19.0. The van der Waals surface area contributed by atoms with Crippen LogP contribution in [0.15, 0.2) is 53.5 Å². The number of sulfone groups is 1. The number of hydrogen-bond acceptors (Lipinski definition) is 3. The first-order chi connectivity index (χ1) is 11.8. The lowest BCUT2D eigenvalue weighted by molar-refractivity contribution is 0.593. The average Bonchev–Trinajstić information content (AvgIpc) is 2.51. The largest absolute Gasteiger partial charge is 0.370 e. The first-order valence-electron chi connectivity index (χ1n) is 8.24. The lowest BCUT2D eigenvalue weighted by Gasteiger charge is -2.08. The molecule has 0 aromatic heterocycles. The van der Waals surface area contributed by atoms with E-state index < -0.39 is 9.84 Å². The Labute approximate surface area is 149 Å². The van der Waals surface area contributed by atoms with Crippen LogP contribution in [0.2, 0.25) is 0 Å². The molecule has 0 aliphatic heterocycles. The van der Waals surface area contributed by atoms with Crippen molar-refractivity contribution in [3.8, 4) is 0 Å². The molecule has 2 aromatic carbocycles. The van der Waals surface area contributed by atoms with Gasteiger partial charge < -0.3 is 11.1 Å². The number of benzene rings is 2. The molecule has 134 valence electrons. The third kappa shape index (κ3) is 6.97. The molecule has 0 aliphatic carbocycles. The Balaban J connectivity index is 1.81. The molecule has 25 heavy (non-hydrogen) atoms. The SMILES string of the molecule is Cc1cc(C)cc(NC(N)=NCCCS(=O)(=O)Cc2ccccc2)c1. The molecule has 0 radical (unpaired) electrons. The van der Waals surface area contributed by atoms with Crippen molar-refractivity contribution in [3.05, 3.63) is 65.2 Å². The summed E-state index contributed by atoms with van der Waals surface area (Å²) in [5.74, 6) is 0.460. The summed E-state index contributed by atoms with van der Waals surface area (Å²) in [6, 6.07) is 15.2. The number of nitrogens with two attached hydrogens (primary N) is 1. The number of hydrogen-bond donors (Lipinski definition) is 2. The highest BCUT2D eigenvalue weighted by atomic mass is 32.2. The van der Waals surface area contributed by atoms with Crippen molar-refractivity contribution in [2.45, 2.75) is 26.0 Å². The van der Waals surface area contributed by atoms with Gasteiger partial charge in [-0.05, 0) is 49.1 Å². The smallest absolute Gasteiger partial charge is 0.193 e. The molecule has 0 fully saturated rings. The molecule has 6 heteroatoms. The van der Waals surface area contributed by atoms with E-state index in [-0.39, 0.29) is 11.5 Å². The van der Waals surface area contributed by atoms with Gasteiger partial charge in [-0.2, -0.15) is 0 Å². The summed E-state index contributed by atoms with van der Waals surface area (Å²) < 4.78 is 24.2. The van der Waals surface area contributed by atoms with Crippen LogP contribution in [0.4, 0.5) is 5.69 Å². The molecule has 2 rings (SSSR count). The maximum atomic E-state index is 12.1. The van der Waals surface area contributed by atoms with E-state index in [2.05, 4.69) is 16.4 Å². The van der Waals surface area contributed by atoms with Gasteiger partial charge in [-0.3, -0.25) is 4.99 Å². The molecule has 0 aliphatic rings. The standard InChI is InChI=1S/C19H25N3O2S/c1-15-11-16(2)13-18(12-15)22-19(20)21-9-6-10-25(23,24)14-17-7-4-3-5-8-17/h3-5,7-8,11-13H,6,9-10,14H2,1-2H3,(H3,20,21,22). The van der Waals surface area contributed by atoms with Crippen molar-refractivity contribution in [1.29, 1.82) is 0 Å². The summed E-state index contributed by atoms with van der Waals surface area (Å²) in [5, 5.41) is 3.04. The zero-order valence-electron chi connectivity index (χ0n) is 14.7. The Morgan fingerprint density at radius 1 is 1.08 bits per heavy atom. The maximum Gasteiger partial charge on any atom is 0.193 e. The van der Waals surface area contributed by atoms with Crippen LogP contribution >= 0.6 is 0 Å². The number of aliphatic imine (C=N–C) groups is 1. The summed E-state index contributed by atoms with van der Waals surface area (Å²) in [6.45, 7) is 4.41. The summed E-state index contributed by atoms with van der Waals surface area (Å²) >= 11 is 0. The number of nitrogens with zero attached hydrogens (tertiary/aromatic N) is 1. The third-order valence-electron chi connectivity index (χ3n) is 3.62. The lowest BCUT2D eigenvalue weighted by Crippen LogP contribution is -2.23. The second-order valence-corrected chi connectivity index (χ2v) is 8.38. The summed E-state index contributed by atoms with van der Waals surface area (Å²) in [6.07, 6.45) is 0.449. The fraction of sp³-hybridized carbons (Fsp3) is 0.316. The van der Waals surface area contributed by atoms with Gasteiger partial charge >= 0.3 is 0 Å². The van der Waals surface area contributed by atoms with Crippen molar-refractivity contribution in [3.63, 3.8) is 0 Å². The van der Waals surface area contributed by atoms with E-state index >= 15 is 0 Å². The predicted octanol–water partition coefficient (Wildman–Crippen LogP) is 3.04. The number of anilines is 1. The van der Waals surface area contributed by atoms with E-state index in [9.17, 15) is 8.42 Å². The van der Waals surface area contributed by atoms with Crippen LogP contribution in [0.5, 0.6) is 0 Å². The van der Waals surface area contributed by atoms with Crippen molar-refractivity contribution in [2.75, 3.05) is 17.6 Å². The molecule has 0 unspecified atom stereocenters. The van der Waals surface area contributed by atoms with Crippen molar-refractivity contribution >= 4 is 21.5 Å². The molecule has 5 nitrogen and oxygen atoms in total. The van der Waals surface area contributed by atoms with E-state index in [1.807, 2.05) is 56.3 Å². The van der Waals surface area contributed by atoms with E-state index in [4.69, 9.17) is 5.73 Å². The second kappa shape index (κ2) is 8.67. The van der Waals surface area contributed by atoms with Crippen LogP contribution in [0.3, 0.4) is 0 Å². The molecule has 0 amide bonds. The topological polar surface area (TPSA) is 84.5 Å². The fourth-order valence-corrected chi connectivity index (χ4v) is 4.03. The van der Waals surface area contributed by atoms with Crippen LogP contribution in [0, 0.1) is 13.8 Å². The third-order valence-corrected chi connectivity index (χ3v) is 5.30. The highest BCUT2D eigenvalue weighted by Gasteiger charge is 2.11. The van der Waals surface area contributed by atoms with Gasteiger partial charge in [0, 0.05) is 12.2 Å². The van der Waals surface area contributed by atoms with Gasteiger partial charge in [0.05, 0.1) is 11.5 Å². The van der Waals surface area contributed by atoms with Gasteiger partial charge in [0.25, 0.3) is 0 Å². The van der Waals surface area contributed by atoms with Crippen LogP contribution in [0.25, 0.3) is 0 Å². The fourth-order valence-electron chi connectivity index (χ4n) is 2.62. The predicted molar refractivity (Wildman–Crippen MR) is 105 cm³/mol. The van der Waals surface area contributed by atoms with Crippen LogP contribution in [0.1, 0.15) is 23.1 Å². The molecule has 0 atom stereocenters. The molecule has 0 saturated heterocycles. The minimum atomic E-state index is -3.13. The Hall–Kier alpha value is -2.34. The quantitative estimate of drug-likeness (QED) is 0.452. The molecule has 0 spiro atoms. The molecule has 0 saturated carbocycles. The highest BCUT2D eigenvalue weighted by Crippen LogP contribution is 2.13. The average molecular weight is 359 g/mol. The molecule has 3 N–H and O–H groups in total. The van der Waals surface area contributed by atoms with E-state index in [0.29, 0.717) is 18.9 Å². The van der Waals surface area contributed by atoms with Gasteiger partial charge in [-0.15, -0.1) is 0 Å². The van der Waals surface area contributed by atoms with E-state index in [1.165, 1.54) is 0 Å². The number of rotatable bonds is 7. The van der Waals surface area contributed by atoms with E-state index in [1.54, 1.807) is 0 Å². The van der Waals surface area contributed by atoms with Crippen LogP contribution in [-0.2, 0) is 15.6 Å². The van der Waals surface area contributed by atoms with Gasteiger partial charge in [0.2, 0.25) is 0 Å². The summed E-state index contributed by atoms with van der Waals surface area (Å²) in [5.41, 5.74) is 9.84. The van der Waals surface area contributed by atoms with E-state index in [0.717, 1.165) is 22.4 Å². The number of nitrogens with one attached hydrogen (secondary N) is 1. The molecule has 0 bridgehead atoms. The van der Waals surface area contributed by atoms with Crippen LogP contribution in [-0.4, -0.2) is 26.7 Å². The number of guanidine groups is 1. The van der Waals surface area contributed by atoms with Gasteiger partial charge in [-0.25, -0.2) is 8.42 Å². The Morgan fingerprint density at radius 3 is 2.36 bits per heavy atom. The van der Waals surface area contributed by atoms with Gasteiger partial charge in [-0.1, -0.05) is 36.4 Å². The summed E-state index contributed by atoms with van der Waals surface area (Å²) in [4.78, 5) is 4.21.